The number of hydrogen-bond acceptors (Lipinski definition) is 8. The van der Waals surface area contributed by atoms with Crippen LogP contribution in [0.4, 0.5) is 5.69 Å². The van der Waals surface area contributed by atoms with Crippen LogP contribution in [0.15, 0.2) is 72.8 Å². The third kappa shape index (κ3) is 7.33. The van der Waals surface area contributed by atoms with Crippen LogP contribution in [0.2, 0.25) is 5.02 Å². The first-order valence-corrected chi connectivity index (χ1v) is 23.8. The molecule has 67 heavy (non-hydrogen) atoms. The Balaban J connectivity index is 0.897. The Labute approximate surface area is 392 Å². The van der Waals surface area contributed by atoms with Crippen molar-refractivity contribution in [3.8, 4) is 17.2 Å². The average molecular weight is 916 g/mol. The molecule has 11 rings (SSSR count). The maximum Gasteiger partial charge on any atom is 0.262 e. The number of halogens is 1. The number of aryl methyl sites for hydroxylation is 2. The molecule has 5 aliphatic heterocycles. The third-order valence-electron chi connectivity index (χ3n) is 14.4. The summed E-state index contributed by atoms with van der Waals surface area (Å²) in [7, 11) is 1.56. The van der Waals surface area contributed by atoms with Gasteiger partial charge in [0.05, 0.1) is 30.6 Å². The first kappa shape index (κ1) is 42.7. The average Bonchev–Trinajstić information content (AvgIpc) is 3.61. The number of nitrogens with one attached hydrogen (secondary N) is 2. The molecule has 2 N–H and O–H groups in total. The van der Waals surface area contributed by atoms with Crippen LogP contribution in [0.25, 0.3) is 16.5 Å². The maximum atomic E-state index is 14.0. The second kappa shape index (κ2) is 17.1. The van der Waals surface area contributed by atoms with Gasteiger partial charge in [0, 0.05) is 105 Å². The zero-order chi connectivity index (χ0) is 46.1. The van der Waals surface area contributed by atoms with E-state index < -0.39 is 11.9 Å². The Morgan fingerprint density at radius 1 is 0.791 bits per heavy atom. The zero-order valence-corrected chi connectivity index (χ0v) is 38.4. The van der Waals surface area contributed by atoms with Gasteiger partial charge < -0.3 is 34.9 Å². The van der Waals surface area contributed by atoms with E-state index >= 15 is 0 Å². The Bertz CT molecular complexity index is 3260. The first-order chi connectivity index (χ1) is 32.6. The Morgan fingerprint density at radius 2 is 1.52 bits per heavy atom. The summed E-state index contributed by atoms with van der Waals surface area (Å²) in [6.45, 7) is 6.07. The third-order valence-corrected chi connectivity index (χ3v) is 14.6. The SMILES string of the molecule is COc1ccc2c(c1)c(CC(=O)NCCNC(=O)c1ccc(C(=O)[O-])c(C3=c4cc5c6c(c4Oc4c3cc3c7c4CCCN7CCC3)CCC[N+]=6CCC5)c1)c(C)n2C(=O)c1ccc(Cl)cc1. The molecular weight excluding hydrogens is 866 g/mol. The largest absolute Gasteiger partial charge is 0.545 e. The normalized spacial score (nSPS) is 15.5. The molecule has 0 saturated heterocycles. The highest BCUT2D eigenvalue weighted by Crippen LogP contribution is 2.49. The summed E-state index contributed by atoms with van der Waals surface area (Å²) in [5.41, 5.74) is 10.8. The summed E-state index contributed by atoms with van der Waals surface area (Å²) in [5, 5.41) is 22.3. The molecule has 0 saturated carbocycles. The molecular formula is C54H50ClN5O7. The maximum absolute atomic E-state index is 14.0. The highest BCUT2D eigenvalue weighted by atomic mass is 35.5. The smallest absolute Gasteiger partial charge is 0.262 e. The van der Waals surface area contributed by atoms with Gasteiger partial charge in [0.2, 0.25) is 11.3 Å². The molecule has 340 valence electrons. The van der Waals surface area contributed by atoms with Crippen LogP contribution in [0, 0.1) is 6.92 Å². The number of ether oxygens (including phenoxy) is 2. The number of aromatic carboxylic acids is 1. The van der Waals surface area contributed by atoms with Crippen LogP contribution in [-0.4, -0.2) is 74.6 Å². The number of nitrogens with zero attached hydrogens (tertiary/aromatic N) is 3. The molecule has 6 heterocycles. The van der Waals surface area contributed by atoms with Crippen LogP contribution in [0.3, 0.4) is 0 Å². The van der Waals surface area contributed by atoms with E-state index in [0.29, 0.717) is 44.1 Å². The summed E-state index contributed by atoms with van der Waals surface area (Å²) in [4.78, 5) is 57.0. The Kier molecular flexibility index (Phi) is 10.9. The molecule has 2 amide bonds. The van der Waals surface area contributed by atoms with Gasteiger partial charge >= 0.3 is 0 Å². The number of fused-ring (bicyclic) bond motifs is 5. The number of amides is 2. The van der Waals surface area contributed by atoms with Crippen LogP contribution < -0.4 is 45.3 Å². The van der Waals surface area contributed by atoms with Crippen molar-refractivity contribution in [3.63, 3.8) is 0 Å². The van der Waals surface area contributed by atoms with E-state index in [1.54, 1.807) is 48.1 Å². The summed E-state index contributed by atoms with van der Waals surface area (Å²) in [6, 6.07) is 21.2. The lowest BCUT2D eigenvalue weighted by molar-refractivity contribution is -0.255. The lowest BCUT2D eigenvalue weighted by Gasteiger charge is -2.39. The van der Waals surface area contributed by atoms with E-state index in [1.807, 2.05) is 19.1 Å². The second-order valence-electron chi connectivity index (χ2n) is 18.3. The van der Waals surface area contributed by atoms with Crippen molar-refractivity contribution in [1.29, 1.82) is 0 Å². The van der Waals surface area contributed by atoms with Gasteiger partial charge in [-0.25, -0.2) is 4.58 Å². The summed E-state index contributed by atoms with van der Waals surface area (Å²) >= 11 is 6.10. The molecule has 13 heteroatoms. The lowest BCUT2D eigenvalue weighted by atomic mass is 9.81. The fourth-order valence-corrected chi connectivity index (χ4v) is 11.5. The Morgan fingerprint density at radius 3 is 2.31 bits per heavy atom. The molecule has 12 nitrogen and oxygen atoms in total. The highest BCUT2D eigenvalue weighted by Gasteiger charge is 2.36. The van der Waals surface area contributed by atoms with Gasteiger partial charge in [0.1, 0.15) is 30.3 Å². The molecule has 0 radical (unpaired) electrons. The van der Waals surface area contributed by atoms with Gasteiger partial charge in [0.25, 0.3) is 11.8 Å². The highest BCUT2D eigenvalue weighted by molar-refractivity contribution is 6.30. The molecule has 5 aromatic carbocycles. The molecule has 0 atom stereocenters. The van der Waals surface area contributed by atoms with Crippen LogP contribution in [0.5, 0.6) is 17.2 Å². The number of carboxylic acids is 1. The molecule has 5 aliphatic rings. The standard InChI is InChI=1S/C54H50ClN5O7/c1-30-40(41-28-36(66-2)16-18-45(41)60(30)53(63)31-11-14-35(55)15-12-31)29-46(61)56-19-20-57-52(62)34-13-17-37(54(64)65)42(27-34)47-43-25-32-7-3-21-58-23-5-9-38(48(32)58)50(43)67-51-39-10-6-24-59-22-4-8-33(49(39)59)26-44(47)51/h11-18,25-28H,3-10,19-24,29H2,1-2H3,(H2-,56,57,61,62,64,65). The summed E-state index contributed by atoms with van der Waals surface area (Å²) in [5.74, 6) is -0.106. The predicted molar refractivity (Wildman–Crippen MR) is 255 cm³/mol. The fourth-order valence-electron chi connectivity index (χ4n) is 11.4. The van der Waals surface area contributed by atoms with Crippen LogP contribution in [0.1, 0.15) is 101 Å². The van der Waals surface area contributed by atoms with E-state index in [0.717, 1.165) is 105 Å². The number of carboxylic acid groups (broad SMARTS) is 1. The van der Waals surface area contributed by atoms with Gasteiger partial charge in [0.15, 0.2) is 0 Å². The molecule has 6 aromatic rings. The minimum absolute atomic E-state index is 0.00253. The number of rotatable bonds is 10. The van der Waals surface area contributed by atoms with E-state index in [-0.39, 0.29) is 42.5 Å². The van der Waals surface area contributed by atoms with Gasteiger partial charge in [-0.2, -0.15) is 0 Å². The number of carbonyl (C=O) groups is 4. The number of aromatic nitrogens is 1. The first-order valence-electron chi connectivity index (χ1n) is 23.4. The van der Waals surface area contributed by atoms with Crippen molar-refractivity contribution in [2.24, 2.45) is 0 Å². The van der Waals surface area contributed by atoms with Crippen molar-refractivity contribution in [1.82, 2.24) is 19.8 Å². The van der Waals surface area contributed by atoms with Crippen molar-refractivity contribution in [3.05, 3.63) is 150 Å². The fraction of sp³-hybridized carbons (Fsp3) is 0.315. The van der Waals surface area contributed by atoms with Crippen molar-refractivity contribution >= 4 is 57.5 Å². The minimum Gasteiger partial charge on any atom is -0.545 e. The topological polar surface area (TPSA) is 145 Å². The van der Waals surface area contributed by atoms with Gasteiger partial charge in [-0.3, -0.25) is 19.0 Å². The zero-order valence-electron chi connectivity index (χ0n) is 37.6. The number of hydrogen-bond donors (Lipinski definition) is 2. The number of methoxy groups -OCH3 is 1. The molecule has 1 aromatic heterocycles. The summed E-state index contributed by atoms with van der Waals surface area (Å²) in [6.07, 6.45) is 7.64. The monoisotopic (exact) mass is 915 g/mol. The predicted octanol–water partition coefficient (Wildman–Crippen LogP) is 5.19. The van der Waals surface area contributed by atoms with Crippen molar-refractivity contribution in [2.75, 3.05) is 51.3 Å². The van der Waals surface area contributed by atoms with E-state index in [4.69, 9.17) is 21.1 Å². The van der Waals surface area contributed by atoms with Crippen molar-refractivity contribution < 1.29 is 33.8 Å². The summed E-state index contributed by atoms with van der Waals surface area (Å²) < 4.78 is 16.8. The van der Waals surface area contributed by atoms with Crippen molar-refractivity contribution in [2.45, 2.75) is 64.7 Å². The Hall–Kier alpha value is -6.92. The molecule has 0 fully saturated rings. The van der Waals surface area contributed by atoms with E-state index in [1.165, 1.54) is 45.4 Å². The minimum atomic E-state index is -1.33. The molecule has 0 aliphatic carbocycles. The van der Waals surface area contributed by atoms with Crippen LogP contribution in [-0.2, 0) is 36.9 Å². The van der Waals surface area contributed by atoms with Crippen LogP contribution >= 0.6 is 11.6 Å². The lowest BCUT2D eigenvalue weighted by Crippen LogP contribution is -2.45. The molecule has 0 unspecified atom stereocenters. The quantitative estimate of drug-likeness (QED) is 0.141. The number of carbonyl (C=O) groups excluding carboxylic acids is 4. The number of anilines is 1. The number of benzene rings is 5. The van der Waals surface area contributed by atoms with E-state index in [9.17, 15) is 24.3 Å². The van der Waals surface area contributed by atoms with Gasteiger partial charge in [-0.05, 0) is 129 Å². The molecule has 0 spiro atoms. The van der Waals surface area contributed by atoms with E-state index in [2.05, 4.69) is 32.2 Å². The second-order valence-corrected chi connectivity index (χ2v) is 18.7. The molecule has 0 bridgehead atoms. The van der Waals surface area contributed by atoms with Gasteiger partial charge in [-0.1, -0.05) is 17.7 Å². The van der Waals surface area contributed by atoms with Gasteiger partial charge in [-0.15, -0.1) is 0 Å².